The molecule has 26 heavy (non-hydrogen) atoms. The van der Waals surface area contributed by atoms with Crippen LogP contribution in [0.3, 0.4) is 0 Å². The van der Waals surface area contributed by atoms with E-state index in [9.17, 15) is 14.9 Å². The lowest BCUT2D eigenvalue weighted by Crippen LogP contribution is -2.24. The lowest BCUT2D eigenvalue weighted by molar-refractivity contribution is -0.385. The summed E-state index contributed by atoms with van der Waals surface area (Å²) >= 11 is 0. The van der Waals surface area contributed by atoms with Crippen LogP contribution < -0.4 is 10.2 Å². The molecule has 2 aromatic carbocycles. The molecule has 1 N–H and O–H groups in total. The topological polar surface area (TPSA) is 118 Å². The Labute approximate surface area is 149 Å². The zero-order valence-electron chi connectivity index (χ0n) is 13.5. The van der Waals surface area contributed by atoms with Crippen molar-refractivity contribution in [1.29, 1.82) is 5.26 Å². The molecule has 0 saturated carbocycles. The molecule has 0 bridgehead atoms. The number of rotatable bonds is 7. The van der Waals surface area contributed by atoms with E-state index < -0.39 is 10.8 Å². The Morgan fingerprint density at radius 2 is 2.00 bits per heavy atom. The number of carbonyl (C=O) groups is 1. The minimum atomic E-state index is -0.473. The maximum Gasteiger partial charge on any atom is 0.277 e. The number of ether oxygens (including phenoxy) is 1. The van der Waals surface area contributed by atoms with Crippen LogP contribution in [0.25, 0.3) is 6.08 Å². The first-order valence-electron chi connectivity index (χ1n) is 7.45. The molecule has 0 atom stereocenters. The van der Waals surface area contributed by atoms with Crippen LogP contribution in [0.4, 0.5) is 5.69 Å². The molecule has 2 aromatic rings. The predicted octanol–water partition coefficient (Wildman–Crippen LogP) is 2.66. The lowest BCUT2D eigenvalue weighted by atomic mass is 10.2. The normalized spacial score (nSPS) is 10.6. The SMILES string of the molecule is N#Cc1ccc(OCC(=O)N/N=C\C=C\c2ccccc2[N+](=O)[O-])cc1. The quantitative estimate of drug-likeness (QED) is 0.468. The smallest absolute Gasteiger partial charge is 0.277 e. The summed E-state index contributed by atoms with van der Waals surface area (Å²) in [4.78, 5) is 22.0. The van der Waals surface area contributed by atoms with Gasteiger partial charge in [0.25, 0.3) is 11.6 Å². The van der Waals surface area contributed by atoms with Crippen LogP contribution >= 0.6 is 0 Å². The third-order valence-corrected chi connectivity index (χ3v) is 3.11. The fourth-order valence-corrected chi connectivity index (χ4v) is 1.90. The van der Waals surface area contributed by atoms with Crippen molar-refractivity contribution in [2.24, 2.45) is 5.10 Å². The number of hydrazone groups is 1. The second-order valence-electron chi connectivity index (χ2n) is 4.91. The first kappa shape index (κ1) is 18.4. The maximum absolute atomic E-state index is 11.6. The molecule has 2 rings (SSSR count). The lowest BCUT2D eigenvalue weighted by Gasteiger charge is -2.04. The maximum atomic E-state index is 11.6. The molecular weight excluding hydrogens is 336 g/mol. The average Bonchev–Trinajstić information content (AvgIpc) is 2.66. The first-order valence-corrected chi connectivity index (χ1v) is 7.45. The van der Waals surface area contributed by atoms with E-state index in [1.54, 1.807) is 42.5 Å². The molecule has 0 fully saturated rings. The fourth-order valence-electron chi connectivity index (χ4n) is 1.90. The van der Waals surface area contributed by atoms with E-state index in [0.717, 1.165) is 0 Å². The van der Waals surface area contributed by atoms with Crippen molar-refractivity contribution in [3.63, 3.8) is 0 Å². The monoisotopic (exact) mass is 350 g/mol. The molecule has 8 nitrogen and oxygen atoms in total. The Balaban J connectivity index is 1.80. The first-order chi connectivity index (χ1) is 12.6. The number of nitrogens with zero attached hydrogens (tertiary/aromatic N) is 3. The zero-order chi connectivity index (χ0) is 18.8. The van der Waals surface area contributed by atoms with E-state index in [1.807, 2.05) is 6.07 Å². The summed E-state index contributed by atoms with van der Waals surface area (Å²) in [6.07, 6.45) is 4.29. The van der Waals surface area contributed by atoms with Gasteiger partial charge in [0.1, 0.15) is 5.75 Å². The predicted molar refractivity (Wildman–Crippen MR) is 95.4 cm³/mol. The van der Waals surface area contributed by atoms with Gasteiger partial charge in [-0.3, -0.25) is 14.9 Å². The minimum absolute atomic E-state index is 0.0167. The molecule has 8 heteroatoms. The largest absolute Gasteiger partial charge is 0.484 e. The van der Waals surface area contributed by atoms with E-state index in [4.69, 9.17) is 10.00 Å². The highest BCUT2D eigenvalue weighted by molar-refractivity contribution is 5.82. The number of para-hydroxylation sites is 1. The third-order valence-electron chi connectivity index (χ3n) is 3.11. The van der Waals surface area contributed by atoms with E-state index in [2.05, 4.69) is 10.5 Å². The van der Waals surface area contributed by atoms with Crippen LogP contribution in [0.15, 0.2) is 59.7 Å². The van der Waals surface area contributed by atoms with Gasteiger partial charge in [-0.05, 0) is 42.5 Å². The highest BCUT2D eigenvalue weighted by Crippen LogP contribution is 2.18. The highest BCUT2D eigenvalue weighted by Gasteiger charge is 2.08. The van der Waals surface area contributed by atoms with E-state index in [1.165, 1.54) is 24.4 Å². The van der Waals surface area contributed by atoms with Gasteiger partial charge in [0.2, 0.25) is 0 Å². The van der Waals surface area contributed by atoms with Crippen LogP contribution in [0.1, 0.15) is 11.1 Å². The molecular formula is C18H14N4O4. The number of nitriles is 1. The Hall–Kier alpha value is -3.99. The summed E-state index contributed by atoms with van der Waals surface area (Å²) in [5, 5.41) is 23.3. The molecule has 0 aliphatic carbocycles. The second kappa shape index (κ2) is 9.34. The van der Waals surface area contributed by atoms with Gasteiger partial charge in [0, 0.05) is 12.3 Å². The Kier molecular flexibility index (Phi) is 6.59. The molecule has 0 saturated heterocycles. The van der Waals surface area contributed by atoms with Gasteiger partial charge >= 0.3 is 0 Å². The Bertz CT molecular complexity index is 883. The Morgan fingerprint density at radius 1 is 1.27 bits per heavy atom. The number of amides is 1. The minimum Gasteiger partial charge on any atom is -0.484 e. The van der Waals surface area contributed by atoms with Crippen molar-refractivity contribution in [2.45, 2.75) is 0 Å². The van der Waals surface area contributed by atoms with Crippen molar-refractivity contribution in [1.82, 2.24) is 5.43 Å². The molecule has 0 unspecified atom stereocenters. The number of carbonyl (C=O) groups excluding carboxylic acids is 1. The fraction of sp³-hybridized carbons (Fsp3) is 0.0556. The third kappa shape index (κ3) is 5.58. The molecule has 0 aliphatic rings. The van der Waals surface area contributed by atoms with Crippen LogP contribution in [-0.4, -0.2) is 23.7 Å². The van der Waals surface area contributed by atoms with Crippen molar-refractivity contribution in [2.75, 3.05) is 6.61 Å². The van der Waals surface area contributed by atoms with E-state index >= 15 is 0 Å². The molecule has 0 aromatic heterocycles. The number of nitro benzene ring substituents is 1. The van der Waals surface area contributed by atoms with Gasteiger partial charge in [0.15, 0.2) is 6.61 Å². The number of nitro groups is 1. The van der Waals surface area contributed by atoms with Crippen LogP contribution in [0, 0.1) is 21.4 Å². The van der Waals surface area contributed by atoms with Crippen LogP contribution in [-0.2, 0) is 4.79 Å². The highest BCUT2D eigenvalue weighted by atomic mass is 16.6. The standard InChI is InChI=1S/C18H14N4O4/c19-12-14-7-9-16(10-8-14)26-13-18(23)21-20-11-3-5-15-4-1-2-6-17(15)22(24)25/h1-11H,13H2,(H,21,23)/b5-3+,20-11-. The van der Waals surface area contributed by atoms with E-state index in [0.29, 0.717) is 16.9 Å². The summed E-state index contributed by atoms with van der Waals surface area (Å²) in [5.74, 6) is -0.0101. The summed E-state index contributed by atoms with van der Waals surface area (Å²) in [6, 6.07) is 14.6. The van der Waals surface area contributed by atoms with Gasteiger partial charge in [-0.25, -0.2) is 5.43 Å². The van der Waals surface area contributed by atoms with Crippen molar-refractivity contribution >= 4 is 23.9 Å². The Morgan fingerprint density at radius 3 is 2.69 bits per heavy atom. The number of hydrogen-bond acceptors (Lipinski definition) is 6. The average molecular weight is 350 g/mol. The zero-order valence-corrected chi connectivity index (χ0v) is 13.5. The van der Waals surface area contributed by atoms with Crippen molar-refractivity contribution in [3.05, 3.63) is 75.8 Å². The summed E-state index contributed by atoms with van der Waals surface area (Å²) in [7, 11) is 0. The molecule has 1 amide bonds. The van der Waals surface area contributed by atoms with Gasteiger partial charge in [0.05, 0.1) is 22.1 Å². The van der Waals surface area contributed by atoms with Gasteiger partial charge in [-0.2, -0.15) is 10.4 Å². The van der Waals surface area contributed by atoms with Crippen LogP contribution in [0.5, 0.6) is 5.75 Å². The summed E-state index contributed by atoms with van der Waals surface area (Å²) in [5.41, 5.74) is 3.18. The molecule has 130 valence electrons. The van der Waals surface area contributed by atoms with Crippen LogP contribution in [0.2, 0.25) is 0 Å². The molecule has 0 spiro atoms. The molecule has 0 heterocycles. The number of nitrogens with one attached hydrogen (secondary N) is 1. The van der Waals surface area contributed by atoms with Gasteiger partial charge in [-0.15, -0.1) is 0 Å². The molecule has 0 radical (unpaired) electrons. The number of allylic oxidation sites excluding steroid dienone is 1. The van der Waals surface area contributed by atoms with Gasteiger partial charge < -0.3 is 4.74 Å². The number of hydrogen-bond donors (Lipinski definition) is 1. The van der Waals surface area contributed by atoms with Crippen molar-refractivity contribution < 1.29 is 14.5 Å². The van der Waals surface area contributed by atoms with Gasteiger partial charge in [-0.1, -0.05) is 12.1 Å². The van der Waals surface area contributed by atoms with E-state index in [-0.39, 0.29) is 12.3 Å². The second-order valence-corrected chi connectivity index (χ2v) is 4.91. The molecule has 0 aliphatic heterocycles. The summed E-state index contributed by atoms with van der Waals surface area (Å²) < 4.78 is 5.25. The van der Waals surface area contributed by atoms with Crippen molar-refractivity contribution in [3.8, 4) is 11.8 Å². The summed E-state index contributed by atoms with van der Waals surface area (Å²) in [6.45, 7) is -0.239. The number of benzene rings is 2.